The Morgan fingerprint density at radius 3 is 2.42 bits per heavy atom. The molecule has 5 nitrogen and oxygen atoms in total. The van der Waals surface area contributed by atoms with E-state index in [2.05, 4.69) is 5.32 Å². The lowest BCUT2D eigenvalue weighted by molar-refractivity contribution is 0.0951. The highest BCUT2D eigenvalue weighted by atomic mass is 32.2. The van der Waals surface area contributed by atoms with Crippen LogP contribution in [0.5, 0.6) is 0 Å². The van der Waals surface area contributed by atoms with Crippen LogP contribution in [0, 0.1) is 0 Å². The Hall–Kier alpha value is -1.70. The molecule has 0 radical (unpaired) electrons. The molecule has 1 aromatic carbocycles. The molecule has 0 bridgehead atoms. The molecule has 7 heteroatoms. The number of primary sulfonamides is 1. The Balaban J connectivity index is 2.04. The first-order chi connectivity index (χ1) is 8.97. The molecule has 0 saturated heterocycles. The van der Waals surface area contributed by atoms with E-state index in [0.717, 1.165) is 5.56 Å². The van der Waals surface area contributed by atoms with Crippen molar-refractivity contribution in [2.24, 2.45) is 5.14 Å². The van der Waals surface area contributed by atoms with Crippen molar-refractivity contribution in [1.82, 2.24) is 5.32 Å². The summed E-state index contributed by atoms with van der Waals surface area (Å²) < 4.78 is 22.1. The fraction of sp³-hybridized carbons (Fsp3) is 0.0833. The van der Waals surface area contributed by atoms with Crippen LogP contribution in [0.2, 0.25) is 0 Å². The molecule has 0 aliphatic rings. The highest BCUT2D eigenvalue weighted by Crippen LogP contribution is 2.09. The zero-order chi connectivity index (χ0) is 13.9. The first-order valence-electron chi connectivity index (χ1n) is 5.39. The number of sulfonamides is 1. The minimum absolute atomic E-state index is 0.0121. The van der Waals surface area contributed by atoms with Crippen LogP contribution in [-0.4, -0.2) is 14.3 Å². The molecule has 2 rings (SSSR count). The van der Waals surface area contributed by atoms with Gasteiger partial charge in [-0.1, -0.05) is 0 Å². The van der Waals surface area contributed by atoms with Gasteiger partial charge >= 0.3 is 0 Å². The maximum absolute atomic E-state index is 11.8. The maximum atomic E-state index is 11.8. The van der Waals surface area contributed by atoms with Crippen molar-refractivity contribution < 1.29 is 13.2 Å². The van der Waals surface area contributed by atoms with Crippen LogP contribution < -0.4 is 10.5 Å². The molecule has 0 atom stereocenters. The molecule has 0 saturated carbocycles. The second-order valence-corrected chi connectivity index (χ2v) is 6.23. The average Bonchev–Trinajstić information content (AvgIpc) is 2.88. The fourth-order valence-electron chi connectivity index (χ4n) is 1.47. The third kappa shape index (κ3) is 3.63. The Labute approximate surface area is 115 Å². The molecule has 1 heterocycles. The molecule has 0 fully saturated rings. The molecule has 0 spiro atoms. The maximum Gasteiger partial charge on any atom is 0.251 e. The van der Waals surface area contributed by atoms with E-state index in [-0.39, 0.29) is 10.8 Å². The number of nitrogens with one attached hydrogen (secondary N) is 1. The number of carbonyl (C=O) groups excluding carboxylic acids is 1. The van der Waals surface area contributed by atoms with Gasteiger partial charge in [0.15, 0.2) is 0 Å². The molecule has 19 heavy (non-hydrogen) atoms. The molecule has 1 aromatic heterocycles. The zero-order valence-corrected chi connectivity index (χ0v) is 11.5. The van der Waals surface area contributed by atoms with Gasteiger partial charge in [-0.15, -0.1) is 0 Å². The van der Waals surface area contributed by atoms with Crippen LogP contribution in [0.25, 0.3) is 0 Å². The van der Waals surface area contributed by atoms with Crippen molar-refractivity contribution in [3.8, 4) is 0 Å². The molecule has 0 aliphatic carbocycles. The van der Waals surface area contributed by atoms with E-state index in [1.54, 1.807) is 11.3 Å². The van der Waals surface area contributed by atoms with Gasteiger partial charge in [-0.25, -0.2) is 13.6 Å². The third-order valence-electron chi connectivity index (χ3n) is 2.48. The van der Waals surface area contributed by atoms with E-state index in [1.165, 1.54) is 24.3 Å². The first-order valence-corrected chi connectivity index (χ1v) is 7.88. The number of benzene rings is 1. The van der Waals surface area contributed by atoms with Gasteiger partial charge in [0, 0.05) is 12.1 Å². The number of hydrogen-bond acceptors (Lipinski definition) is 4. The smallest absolute Gasteiger partial charge is 0.251 e. The molecule has 3 N–H and O–H groups in total. The molecule has 1 amide bonds. The van der Waals surface area contributed by atoms with Crippen LogP contribution in [0.4, 0.5) is 0 Å². The highest BCUT2D eigenvalue weighted by Gasteiger charge is 2.10. The average molecular weight is 296 g/mol. The van der Waals surface area contributed by atoms with Gasteiger partial charge < -0.3 is 5.32 Å². The summed E-state index contributed by atoms with van der Waals surface area (Å²) in [5.74, 6) is -0.257. The number of hydrogen-bond donors (Lipinski definition) is 2. The molecule has 100 valence electrons. The van der Waals surface area contributed by atoms with Gasteiger partial charge in [0.2, 0.25) is 10.0 Å². The van der Waals surface area contributed by atoms with Crippen LogP contribution >= 0.6 is 11.3 Å². The molecule has 0 unspecified atom stereocenters. The number of amides is 1. The quantitative estimate of drug-likeness (QED) is 0.892. The molecule has 0 aliphatic heterocycles. The standard InChI is InChI=1S/C12H12N2O3S2/c13-19(16,17)11-3-1-10(2-4-11)12(15)14-7-9-5-6-18-8-9/h1-6,8H,7H2,(H,14,15)(H2,13,16,17). The van der Waals surface area contributed by atoms with Crippen molar-refractivity contribution in [3.63, 3.8) is 0 Å². The van der Waals surface area contributed by atoms with Crippen LogP contribution in [0.3, 0.4) is 0 Å². The number of thiophene rings is 1. The van der Waals surface area contributed by atoms with Crippen molar-refractivity contribution in [1.29, 1.82) is 0 Å². The minimum atomic E-state index is -3.72. The summed E-state index contributed by atoms with van der Waals surface area (Å²) in [5.41, 5.74) is 1.42. The summed E-state index contributed by atoms with van der Waals surface area (Å²) in [6, 6.07) is 7.42. The lowest BCUT2D eigenvalue weighted by atomic mass is 10.2. The van der Waals surface area contributed by atoms with Gasteiger partial charge in [-0.2, -0.15) is 11.3 Å². The molecular weight excluding hydrogens is 284 g/mol. The normalized spacial score (nSPS) is 11.2. The largest absolute Gasteiger partial charge is 0.348 e. The fourth-order valence-corrected chi connectivity index (χ4v) is 2.66. The van der Waals surface area contributed by atoms with Crippen LogP contribution in [0.15, 0.2) is 46.0 Å². The van der Waals surface area contributed by atoms with E-state index in [0.29, 0.717) is 12.1 Å². The third-order valence-corrected chi connectivity index (χ3v) is 4.14. The van der Waals surface area contributed by atoms with Gasteiger partial charge in [-0.05, 0) is 46.7 Å². The Kier molecular flexibility index (Phi) is 3.98. The summed E-state index contributed by atoms with van der Waals surface area (Å²) in [4.78, 5) is 11.8. The number of nitrogens with two attached hydrogens (primary N) is 1. The second-order valence-electron chi connectivity index (χ2n) is 3.88. The van der Waals surface area contributed by atoms with E-state index in [1.807, 2.05) is 16.8 Å². The van der Waals surface area contributed by atoms with Crippen LogP contribution in [-0.2, 0) is 16.6 Å². The van der Waals surface area contributed by atoms with E-state index >= 15 is 0 Å². The SMILES string of the molecule is NS(=O)(=O)c1ccc(C(=O)NCc2ccsc2)cc1. The summed E-state index contributed by atoms with van der Waals surface area (Å²) in [6.07, 6.45) is 0. The summed E-state index contributed by atoms with van der Waals surface area (Å²) in [7, 11) is -3.72. The lowest BCUT2D eigenvalue weighted by Crippen LogP contribution is -2.22. The minimum Gasteiger partial charge on any atom is -0.348 e. The van der Waals surface area contributed by atoms with Gasteiger partial charge in [-0.3, -0.25) is 4.79 Å². The summed E-state index contributed by atoms with van der Waals surface area (Å²) in [6.45, 7) is 0.444. The van der Waals surface area contributed by atoms with E-state index in [9.17, 15) is 13.2 Å². The van der Waals surface area contributed by atoms with Crippen molar-refractivity contribution in [2.75, 3.05) is 0 Å². The highest BCUT2D eigenvalue weighted by molar-refractivity contribution is 7.89. The number of rotatable bonds is 4. The predicted octanol–water partition coefficient (Wildman–Crippen LogP) is 1.33. The zero-order valence-electron chi connectivity index (χ0n) is 9.87. The first kappa shape index (κ1) is 13.7. The van der Waals surface area contributed by atoms with Crippen molar-refractivity contribution in [3.05, 3.63) is 52.2 Å². The van der Waals surface area contributed by atoms with Crippen molar-refractivity contribution in [2.45, 2.75) is 11.4 Å². The summed E-state index contributed by atoms with van der Waals surface area (Å²) in [5, 5.41) is 11.6. The second kappa shape index (κ2) is 5.52. The lowest BCUT2D eigenvalue weighted by Gasteiger charge is -2.04. The van der Waals surface area contributed by atoms with Crippen LogP contribution in [0.1, 0.15) is 15.9 Å². The molecular formula is C12H12N2O3S2. The molecule has 2 aromatic rings. The van der Waals surface area contributed by atoms with E-state index < -0.39 is 10.0 Å². The van der Waals surface area contributed by atoms with Gasteiger partial charge in [0.1, 0.15) is 0 Å². The monoisotopic (exact) mass is 296 g/mol. The van der Waals surface area contributed by atoms with Gasteiger partial charge in [0.05, 0.1) is 4.90 Å². The summed E-state index contributed by atoms with van der Waals surface area (Å²) >= 11 is 1.56. The topological polar surface area (TPSA) is 89.3 Å². The Morgan fingerprint density at radius 1 is 1.21 bits per heavy atom. The van der Waals surface area contributed by atoms with Crippen molar-refractivity contribution >= 4 is 27.3 Å². The Bertz CT molecular complexity index is 662. The Morgan fingerprint density at radius 2 is 1.89 bits per heavy atom. The van der Waals surface area contributed by atoms with E-state index in [4.69, 9.17) is 5.14 Å². The number of carbonyl (C=O) groups is 1. The predicted molar refractivity (Wildman–Crippen MR) is 73.3 cm³/mol. The van der Waals surface area contributed by atoms with Gasteiger partial charge in [0.25, 0.3) is 5.91 Å².